The van der Waals surface area contributed by atoms with Crippen molar-refractivity contribution < 1.29 is 14.6 Å². The number of hydrogen-bond acceptors (Lipinski definition) is 4. The fraction of sp³-hybridized carbons (Fsp3) is 0.133. The second kappa shape index (κ2) is 11.2. The Labute approximate surface area is 206 Å². The van der Waals surface area contributed by atoms with Crippen molar-refractivity contribution in [2.45, 2.75) is 26.5 Å². The van der Waals surface area contributed by atoms with Gasteiger partial charge in [0.25, 0.3) is 5.91 Å². The van der Waals surface area contributed by atoms with Gasteiger partial charge in [0.15, 0.2) is 0 Å². The Hall–Kier alpha value is -4.38. The Bertz CT molecular complexity index is 1280. The van der Waals surface area contributed by atoms with E-state index in [1.807, 2.05) is 92.7 Å². The second-order valence-corrected chi connectivity index (χ2v) is 8.36. The van der Waals surface area contributed by atoms with Crippen LogP contribution in [0.4, 0.5) is 5.69 Å². The highest BCUT2D eigenvalue weighted by atomic mass is 16.5. The molecule has 1 amide bonds. The van der Waals surface area contributed by atoms with E-state index in [0.29, 0.717) is 17.0 Å². The zero-order valence-electron chi connectivity index (χ0n) is 19.8. The Morgan fingerprint density at radius 2 is 1.60 bits per heavy atom. The second-order valence-electron chi connectivity index (χ2n) is 8.36. The van der Waals surface area contributed by atoms with Gasteiger partial charge in [-0.15, -0.1) is 0 Å². The minimum atomic E-state index is -0.245. The van der Waals surface area contributed by atoms with E-state index in [1.54, 1.807) is 35.4 Å². The van der Waals surface area contributed by atoms with Gasteiger partial charge in [0.05, 0.1) is 24.0 Å². The lowest BCUT2D eigenvalue weighted by atomic mass is 10.0. The Balaban J connectivity index is 1.77. The van der Waals surface area contributed by atoms with E-state index in [9.17, 15) is 9.90 Å². The van der Waals surface area contributed by atoms with Crippen LogP contribution in [0.15, 0.2) is 103 Å². The highest BCUT2D eigenvalue weighted by molar-refractivity contribution is 6.30. The fourth-order valence-corrected chi connectivity index (χ4v) is 3.73. The molecule has 0 aliphatic heterocycles. The van der Waals surface area contributed by atoms with Crippen LogP contribution in [0.5, 0.6) is 11.5 Å². The summed E-state index contributed by atoms with van der Waals surface area (Å²) in [5, 5.41) is 10.6. The number of aromatic hydroxyl groups is 1. The maximum atomic E-state index is 14.1. The van der Waals surface area contributed by atoms with E-state index in [0.717, 1.165) is 16.9 Å². The number of ether oxygens (including phenoxy) is 1. The number of anilines is 1. The summed E-state index contributed by atoms with van der Waals surface area (Å²) >= 11 is 0. The van der Waals surface area contributed by atoms with Gasteiger partial charge < -0.3 is 9.84 Å². The maximum Gasteiger partial charge on any atom is 0.259 e. The number of aromatic nitrogens is 1. The number of carbonyl (C=O) groups is 1. The van der Waals surface area contributed by atoms with Crippen molar-refractivity contribution in [2.24, 2.45) is 0 Å². The molecule has 0 saturated heterocycles. The first kappa shape index (κ1) is 23.8. The largest absolute Gasteiger partial charge is 0.506 e. The van der Waals surface area contributed by atoms with Gasteiger partial charge in [-0.3, -0.25) is 14.7 Å². The summed E-state index contributed by atoms with van der Waals surface area (Å²) < 4.78 is 5.75. The van der Waals surface area contributed by atoms with Crippen molar-refractivity contribution in [1.29, 1.82) is 0 Å². The van der Waals surface area contributed by atoms with Crippen LogP contribution in [-0.4, -0.2) is 22.1 Å². The molecule has 0 spiro atoms. The Kier molecular flexibility index (Phi) is 7.58. The topological polar surface area (TPSA) is 62.7 Å². The van der Waals surface area contributed by atoms with Crippen LogP contribution in [0.25, 0.3) is 11.6 Å². The van der Waals surface area contributed by atoms with Gasteiger partial charge in [-0.05, 0) is 67.4 Å². The molecule has 0 atom stereocenters. The number of pyridine rings is 1. The molecule has 0 unspecified atom stereocenters. The maximum absolute atomic E-state index is 14.1. The molecule has 0 aliphatic rings. The summed E-state index contributed by atoms with van der Waals surface area (Å²) in [7, 11) is 0. The third-order valence-corrected chi connectivity index (χ3v) is 5.34. The number of para-hydroxylation sites is 2. The number of benzene rings is 3. The van der Waals surface area contributed by atoms with Crippen molar-refractivity contribution >= 4 is 23.2 Å². The van der Waals surface area contributed by atoms with Gasteiger partial charge in [0.2, 0.25) is 0 Å². The molecule has 4 aromatic rings. The van der Waals surface area contributed by atoms with Crippen LogP contribution in [0.2, 0.25) is 0 Å². The van der Waals surface area contributed by atoms with E-state index in [2.05, 4.69) is 4.98 Å². The molecule has 5 heteroatoms. The first-order chi connectivity index (χ1) is 17.0. The zero-order valence-corrected chi connectivity index (χ0v) is 19.8. The highest BCUT2D eigenvalue weighted by Gasteiger charge is 2.24. The van der Waals surface area contributed by atoms with Crippen LogP contribution < -0.4 is 9.64 Å². The lowest BCUT2D eigenvalue weighted by molar-refractivity contribution is -0.113. The number of hydrogen-bond donors (Lipinski definition) is 1. The molecule has 1 N–H and O–H groups in total. The van der Waals surface area contributed by atoms with E-state index in [-0.39, 0.29) is 24.3 Å². The highest BCUT2D eigenvalue weighted by Crippen LogP contribution is 2.32. The van der Waals surface area contributed by atoms with Crippen molar-refractivity contribution in [2.75, 3.05) is 4.90 Å². The molecule has 4 rings (SSSR count). The summed E-state index contributed by atoms with van der Waals surface area (Å²) in [4.78, 5) is 20.1. The van der Waals surface area contributed by atoms with E-state index in [4.69, 9.17) is 4.74 Å². The van der Waals surface area contributed by atoms with Crippen LogP contribution in [0.1, 0.15) is 30.7 Å². The molecule has 1 aromatic heterocycles. The molecule has 5 nitrogen and oxygen atoms in total. The average Bonchev–Trinajstić information content (AvgIpc) is 2.88. The first-order valence-electron chi connectivity index (χ1n) is 11.5. The predicted molar refractivity (Wildman–Crippen MR) is 140 cm³/mol. The van der Waals surface area contributed by atoms with E-state index in [1.165, 1.54) is 0 Å². The van der Waals surface area contributed by atoms with Gasteiger partial charge in [-0.1, -0.05) is 60.7 Å². The first-order valence-corrected chi connectivity index (χ1v) is 11.5. The minimum absolute atomic E-state index is 0.0272. The van der Waals surface area contributed by atoms with Gasteiger partial charge in [-0.2, -0.15) is 0 Å². The molecule has 3 aromatic carbocycles. The monoisotopic (exact) mass is 464 g/mol. The van der Waals surface area contributed by atoms with Crippen LogP contribution in [0, 0.1) is 0 Å². The summed E-state index contributed by atoms with van der Waals surface area (Å²) in [5.74, 6) is 0.556. The quantitative estimate of drug-likeness (QED) is 0.244. The molecule has 0 saturated carbocycles. The van der Waals surface area contributed by atoms with Crippen molar-refractivity contribution in [3.05, 3.63) is 120 Å². The smallest absolute Gasteiger partial charge is 0.259 e. The summed E-state index contributed by atoms with van der Waals surface area (Å²) in [6.45, 7) is 4.17. The Morgan fingerprint density at radius 1 is 0.914 bits per heavy atom. The molecule has 1 heterocycles. The lowest BCUT2D eigenvalue weighted by Crippen LogP contribution is -2.31. The molecule has 35 heavy (non-hydrogen) atoms. The Morgan fingerprint density at radius 3 is 2.26 bits per heavy atom. The van der Waals surface area contributed by atoms with Crippen molar-refractivity contribution in [3.8, 4) is 11.5 Å². The normalized spacial score (nSPS) is 11.3. The summed E-state index contributed by atoms with van der Waals surface area (Å²) in [5.41, 5.74) is 3.28. The minimum Gasteiger partial charge on any atom is -0.506 e. The number of nitrogens with zero attached hydrogens (tertiary/aromatic N) is 2. The van der Waals surface area contributed by atoms with Crippen LogP contribution in [-0.2, 0) is 11.3 Å². The molecular weight excluding hydrogens is 436 g/mol. The van der Waals surface area contributed by atoms with Gasteiger partial charge in [0, 0.05) is 11.8 Å². The SMILES string of the molecule is CC(C)Oc1ccc(/C=C(/C(=O)N(Cc2ccccn2)c2ccccc2O)c2ccccc2)cc1. The summed E-state index contributed by atoms with van der Waals surface area (Å²) in [6, 6.07) is 29.6. The third-order valence-electron chi connectivity index (χ3n) is 5.34. The zero-order chi connectivity index (χ0) is 24.6. The standard InChI is InChI=1S/C30H28N2O3/c1-22(2)35-26-17-15-23(16-18-26)20-27(24-10-4-3-5-11-24)30(34)32(21-25-12-8-9-19-31-25)28-13-6-7-14-29(28)33/h3-20,22,33H,21H2,1-2H3/b27-20+. The van der Waals surface area contributed by atoms with Crippen molar-refractivity contribution in [3.63, 3.8) is 0 Å². The van der Waals surface area contributed by atoms with Gasteiger partial charge in [0.1, 0.15) is 11.5 Å². The van der Waals surface area contributed by atoms with Crippen LogP contribution >= 0.6 is 0 Å². The number of phenolic OH excluding ortho intramolecular Hbond substituents is 1. The summed E-state index contributed by atoms with van der Waals surface area (Å²) in [6.07, 6.45) is 3.64. The fourth-order valence-electron chi connectivity index (χ4n) is 3.73. The molecular formula is C30H28N2O3. The van der Waals surface area contributed by atoms with Crippen molar-refractivity contribution in [1.82, 2.24) is 4.98 Å². The molecule has 0 bridgehead atoms. The number of carbonyl (C=O) groups excluding carboxylic acids is 1. The number of phenols is 1. The third kappa shape index (κ3) is 6.15. The molecule has 0 fully saturated rings. The van der Waals surface area contributed by atoms with E-state index < -0.39 is 0 Å². The van der Waals surface area contributed by atoms with Gasteiger partial charge >= 0.3 is 0 Å². The van der Waals surface area contributed by atoms with Crippen LogP contribution in [0.3, 0.4) is 0 Å². The molecule has 0 radical (unpaired) electrons. The number of amides is 1. The predicted octanol–water partition coefficient (Wildman–Crippen LogP) is 6.35. The molecule has 176 valence electrons. The average molecular weight is 465 g/mol. The number of rotatable bonds is 8. The van der Waals surface area contributed by atoms with E-state index >= 15 is 0 Å². The lowest BCUT2D eigenvalue weighted by Gasteiger charge is -2.25. The van der Waals surface area contributed by atoms with Gasteiger partial charge in [-0.25, -0.2) is 0 Å². The molecule has 0 aliphatic carbocycles.